The molecule has 0 aliphatic carbocycles. The van der Waals surface area contributed by atoms with E-state index in [2.05, 4.69) is 5.32 Å². The zero-order chi connectivity index (χ0) is 18.7. The van der Waals surface area contributed by atoms with Crippen LogP contribution in [0.2, 0.25) is 0 Å². The second kappa shape index (κ2) is 7.64. The molecule has 0 radical (unpaired) electrons. The van der Waals surface area contributed by atoms with E-state index in [1.807, 2.05) is 31.2 Å². The fraction of sp³-hybridized carbons (Fsp3) is 0.300. The molecule has 2 amide bonds. The first-order chi connectivity index (χ1) is 12.5. The smallest absolute Gasteiger partial charge is 0.247 e. The summed E-state index contributed by atoms with van der Waals surface area (Å²) in [6.45, 7) is 2.25. The lowest BCUT2D eigenvalue weighted by Gasteiger charge is -2.36. The molecule has 0 saturated carbocycles. The zero-order valence-electron chi connectivity index (χ0n) is 14.5. The number of benzene rings is 2. The highest BCUT2D eigenvalue weighted by atomic mass is 19.1. The monoisotopic (exact) mass is 358 g/mol. The van der Waals surface area contributed by atoms with Gasteiger partial charge in [0.15, 0.2) is 0 Å². The number of halogens is 2. The van der Waals surface area contributed by atoms with Crippen LogP contribution >= 0.6 is 0 Å². The number of rotatable bonds is 5. The number of amides is 2. The van der Waals surface area contributed by atoms with Crippen molar-refractivity contribution in [2.24, 2.45) is 0 Å². The quantitative estimate of drug-likeness (QED) is 0.893. The van der Waals surface area contributed by atoms with E-state index in [4.69, 9.17) is 0 Å². The van der Waals surface area contributed by atoms with Gasteiger partial charge in [-0.1, -0.05) is 31.2 Å². The number of nitrogens with one attached hydrogen (secondary N) is 1. The Morgan fingerprint density at radius 3 is 2.77 bits per heavy atom. The van der Waals surface area contributed by atoms with Crippen LogP contribution in [0.4, 0.5) is 8.78 Å². The van der Waals surface area contributed by atoms with Gasteiger partial charge < -0.3 is 10.2 Å². The van der Waals surface area contributed by atoms with Gasteiger partial charge in [-0.15, -0.1) is 0 Å². The van der Waals surface area contributed by atoms with Crippen molar-refractivity contribution in [2.75, 3.05) is 6.54 Å². The van der Waals surface area contributed by atoms with Gasteiger partial charge in [0.1, 0.15) is 17.7 Å². The summed E-state index contributed by atoms with van der Waals surface area (Å²) in [4.78, 5) is 26.9. The van der Waals surface area contributed by atoms with Crippen LogP contribution in [0, 0.1) is 11.6 Å². The van der Waals surface area contributed by atoms with Crippen LogP contribution in [-0.2, 0) is 22.6 Å². The summed E-state index contributed by atoms with van der Waals surface area (Å²) >= 11 is 0. The predicted octanol–water partition coefficient (Wildman–Crippen LogP) is 3.12. The standard InChI is InChI=1S/C20H20F2N2O2/c1-2-9-24-18(25)11-13-5-3-4-6-16(13)19(24)20(26)23-12-14-10-15(21)7-8-17(14)22/h3-8,10,19H,2,9,11-12H2,1H3,(H,23,26)/t19-/m1/s1. The minimum absolute atomic E-state index is 0.0656. The molecular weight excluding hydrogens is 338 g/mol. The number of hydrogen-bond donors (Lipinski definition) is 1. The Morgan fingerprint density at radius 2 is 2.00 bits per heavy atom. The molecule has 136 valence electrons. The van der Waals surface area contributed by atoms with E-state index >= 15 is 0 Å². The molecule has 3 rings (SSSR count). The molecule has 1 N–H and O–H groups in total. The molecule has 0 saturated heterocycles. The molecule has 4 nitrogen and oxygen atoms in total. The lowest BCUT2D eigenvalue weighted by Crippen LogP contribution is -2.47. The van der Waals surface area contributed by atoms with Gasteiger partial charge in [-0.05, 0) is 35.7 Å². The highest BCUT2D eigenvalue weighted by molar-refractivity contribution is 5.92. The summed E-state index contributed by atoms with van der Waals surface area (Å²) in [7, 11) is 0. The maximum atomic E-state index is 13.8. The van der Waals surface area contributed by atoms with Crippen LogP contribution in [-0.4, -0.2) is 23.3 Å². The van der Waals surface area contributed by atoms with Crippen LogP contribution in [0.25, 0.3) is 0 Å². The minimum Gasteiger partial charge on any atom is -0.350 e. The first kappa shape index (κ1) is 18.0. The van der Waals surface area contributed by atoms with E-state index in [0.29, 0.717) is 6.54 Å². The highest BCUT2D eigenvalue weighted by Crippen LogP contribution is 2.30. The van der Waals surface area contributed by atoms with E-state index in [1.165, 1.54) is 0 Å². The van der Waals surface area contributed by atoms with Gasteiger partial charge in [0, 0.05) is 18.7 Å². The summed E-state index contributed by atoms with van der Waals surface area (Å²) in [5.74, 6) is -1.66. The van der Waals surface area contributed by atoms with Crippen LogP contribution < -0.4 is 5.32 Å². The summed E-state index contributed by atoms with van der Waals surface area (Å²) in [5.41, 5.74) is 1.66. The van der Waals surface area contributed by atoms with Crippen LogP contribution in [0.1, 0.15) is 36.1 Å². The minimum atomic E-state index is -0.760. The van der Waals surface area contributed by atoms with Crippen molar-refractivity contribution in [3.05, 3.63) is 70.8 Å². The van der Waals surface area contributed by atoms with Crippen LogP contribution in [0.3, 0.4) is 0 Å². The number of carbonyl (C=O) groups is 2. The summed E-state index contributed by atoms with van der Waals surface area (Å²) < 4.78 is 27.1. The Labute approximate surface area is 150 Å². The van der Waals surface area contributed by atoms with E-state index in [-0.39, 0.29) is 24.4 Å². The molecule has 1 aliphatic rings. The van der Waals surface area contributed by atoms with Crippen molar-refractivity contribution >= 4 is 11.8 Å². The van der Waals surface area contributed by atoms with Gasteiger partial charge in [0.2, 0.25) is 11.8 Å². The predicted molar refractivity (Wildman–Crippen MR) is 93.1 cm³/mol. The number of carbonyl (C=O) groups excluding carboxylic acids is 2. The van der Waals surface area contributed by atoms with Crippen molar-refractivity contribution in [3.63, 3.8) is 0 Å². The molecule has 26 heavy (non-hydrogen) atoms. The Morgan fingerprint density at radius 1 is 1.23 bits per heavy atom. The summed E-state index contributed by atoms with van der Waals surface area (Å²) in [5, 5.41) is 2.65. The van der Waals surface area contributed by atoms with Crippen molar-refractivity contribution < 1.29 is 18.4 Å². The topological polar surface area (TPSA) is 49.4 Å². The third-order valence-electron chi connectivity index (χ3n) is 4.50. The molecule has 1 atom stereocenters. The van der Waals surface area contributed by atoms with E-state index in [1.54, 1.807) is 4.90 Å². The molecule has 0 unspecified atom stereocenters. The summed E-state index contributed by atoms with van der Waals surface area (Å²) in [6.07, 6.45) is 0.981. The third kappa shape index (κ3) is 3.59. The number of hydrogen-bond acceptors (Lipinski definition) is 2. The average molecular weight is 358 g/mol. The van der Waals surface area contributed by atoms with Gasteiger partial charge >= 0.3 is 0 Å². The highest BCUT2D eigenvalue weighted by Gasteiger charge is 2.36. The van der Waals surface area contributed by atoms with E-state index < -0.39 is 23.6 Å². The van der Waals surface area contributed by atoms with Crippen molar-refractivity contribution in [3.8, 4) is 0 Å². The molecule has 0 aromatic heterocycles. The molecule has 1 aliphatic heterocycles. The van der Waals surface area contributed by atoms with Crippen LogP contribution in [0.5, 0.6) is 0 Å². The number of nitrogens with zero attached hydrogens (tertiary/aromatic N) is 1. The van der Waals surface area contributed by atoms with Crippen LogP contribution in [0.15, 0.2) is 42.5 Å². The van der Waals surface area contributed by atoms with E-state index in [0.717, 1.165) is 35.7 Å². The summed E-state index contributed by atoms with van der Waals surface area (Å²) in [6, 6.07) is 9.67. The number of fused-ring (bicyclic) bond motifs is 1. The first-order valence-electron chi connectivity index (χ1n) is 8.60. The maximum Gasteiger partial charge on any atom is 0.247 e. The van der Waals surface area contributed by atoms with E-state index in [9.17, 15) is 18.4 Å². The second-order valence-electron chi connectivity index (χ2n) is 6.32. The van der Waals surface area contributed by atoms with Gasteiger partial charge in [0.25, 0.3) is 0 Å². The van der Waals surface area contributed by atoms with Crippen molar-refractivity contribution in [2.45, 2.75) is 32.4 Å². The molecule has 0 fully saturated rings. The molecule has 0 bridgehead atoms. The Bertz CT molecular complexity index is 838. The average Bonchev–Trinajstić information content (AvgIpc) is 2.63. The Hall–Kier alpha value is -2.76. The first-order valence-corrected chi connectivity index (χ1v) is 8.60. The molecule has 6 heteroatoms. The van der Waals surface area contributed by atoms with Gasteiger partial charge in [-0.2, -0.15) is 0 Å². The molecular formula is C20H20F2N2O2. The van der Waals surface area contributed by atoms with Gasteiger partial charge in [-0.3, -0.25) is 9.59 Å². The van der Waals surface area contributed by atoms with Crippen molar-refractivity contribution in [1.82, 2.24) is 10.2 Å². The zero-order valence-corrected chi connectivity index (χ0v) is 14.5. The fourth-order valence-corrected chi connectivity index (χ4v) is 3.27. The van der Waals surface area contributed by atoms with Gasteiger partial charge in [0.05, 0.1) is 6.42 Å². The third-order valence-corrected chi connectivity index (χ3v) is 4.50. The lowest BCUT2D eigenvalue weighted by atomic mass is 9.91. The maximum absolute atomic E-state index is 13.8. The Balaban J connectivity index is 1.85. The Kier molecular flexibility index (Phi) is 5.30. The normalized spacial score (nSPS) is 16.3. The van der Waals surface area contributed by atoms with Crippen molar-refractivity contribution in [1.29, 1.82) is 0 Å². The molecule has 2 aromatic carbocycles. The second-order valence-corrected chi connectivity index (χ2v) is 6.32. The molecule has 1 heterocycles. The largest absolute Gasteiger partial charge is 0.350 e. The SMILES string of the molecule is CCCN1C(=O)Cc2ccccc2[C@@H]1C(=O)NCc1cc(F)ccc1F. The molecule has 2 aromatic rings. The fourth-order valence-electron chi connectivity index (χ4n) is 3.27. The molecule has 0 spiro atoms. The lowest BCUT2D eigenvalue weighted by molar-refractivity contribution is -0.141. The van der Waals surface area contributed by atoms with Gasteiger partial charge in [-0.25, -0.2) is 8.78 Å².